The number of pyridine rings is 1. The van der Waals surface area contributed by atoms with Crippen molar-refractivity contribution in [1.29, 1.82) is 5.26 Å². The lowest BCUT2D eigenvalue weighted by Crippen LogP contribution is -2.27. The standard InChI is InChI=1S/C11H13N3O2/c1-11(2,3)16-10(15)14-9-4-5-13-7-8(9)6-12/h4-5,7H,1-3H3,(H,13,14,15). The molecular weight excluding hydrogens is 206 g/mol. The second kappa shape index (κ2) is 4.62. The van der Waals surface area contributed by atoms with Gasteiger partial charge in [0.15, 0.2) is 0 Å². The van der Waals surface area contributed by atoms with Gasteiger partial charge in [0, 0.05) is 12.4 Å². The number of hydrogen-bond donors (Lipinski definition) is 1. The molecule has 0 aliphatic rings. The monoisotopic (exact) mass is 219 g/mol. The highest BCUT2D eigenvalue weighted by atomic mass is 16.6. The number of carbonyl (C=O) groups is 1. The third-order valence-corrected chi connectivity index (χ3v) is 1.58. The van der Waals surface area contributed by atoms with Crippen LogP contribution in [0.1, 0.15) is 26.3 Å². The maximum atomic E-state index is 11.4. The van der Waals surface area contributed by atoms with Gasteiger partial charge in [-0.05, 0) is 26.8 Å². The number of nitriles is 1. The Kier molecular flexibility index (Phi) is 3.46. The Labute approximate surface area is 94.1 Å². The molecule has 1 aromatic heterocycles. The van der Waals surface area contributed by atoms with E-state index in [1.54, 1.807) is 26.8 Å². The lowest BCUT2D eigenvalue weighted by molar-refractivity contribution is 0.0636. The molecule has 5 heteroatoms. The van der Waals surface area contributed by atoms with Crippen molar-refractivity contribution in [2.75, 3.05) is 5.32 Å². The van der Waals surface area contributed by atoms with E-state index in [0.717, 1.165) is 0 Å². The molecule has 0 fully saturated rings. The van der Waals surface area contributed by atoms with Crippen LogP contribution in [0.2, 0.25) is 0 Å². The van der Waals surface area contributed by atoms with Gasteiger partial charge in [0.25, 0.3) is 0 Å². The molecule has 84 valence electrons. The quantitative estimate of drug-likeness (QED) is 0.786. The van der Waals surface area contributed by atoms with Crippen molar-refractivity contribution in [2.45, 2.75) is 26.4 Å². The molecule has 1 heterocycles. The van der Waals surface area contributed by atoms with Crippen LogP contribution in [0, 0.1) is 11.3 Å². The Hall–Kier alpha value is -2.09. The van der Waals surface area contributed by atoms with Crippen LogP contribution in [0.25, 0.3) is 0 Å². The van der Waals surface area contributed by atoms with Gasteiger partial charge in [-0.15, -0.1) is 0 Å². The van der Waals surface area contributed by atoms with E-state index in [9.17, 15) is 4.79 Å². The molecule has 0 saturated carbocycles. The zero-order valence-corrected chi connectivity index (χ0v) is 9.44. The first kappa shape index (κ1) is 12.0. The highest BCUT2D eigenvalue weighted by Gasteiger charge is 2.16. The number of amides is 1. The first-order chi connectivity index (χ1) is 7.42. The molecule has 0 spiro atoms. The molecule has 0 aliphatic heterocycles. The van der Waals surface area contributed by atoms with Gasteiger partial charge in [0.05, 0.1) is 11.3 Å². The molecule has 0 unspecified atom stereocenters. The smallest absolute Gasteiger partial charge is 0.412 e. The minimum absolute atomic E-state index is 0.299. The SMILES string of the molecule is CC(C)(C)OC(=O)Nc1ccncc1C#N. The van der Waals surface area contributed by atoms with E-state index >= 15 is 0 Å². The van der Waals surface area contributed by atoms with Gasteiger partial charge in [-0.25, -0.2) is 4.79 Å². The molecule has 1 amide bonds. The normalized spacial score (nSPS) is 10.4. The predicted octanol–water partition coefficient (Wildman–Crippen LogP) is 2.30. The lowest BCUT2D eigenvalue weighted by Gasteiger charge is -2.19. The van der Waals surface area contributed by atoms with Crippen LogP contribution in [0.3, 0.4) is 0 Å². The van der Waals surface area contributed by atoms with Crippen molar-refractivity contribution in [2.24, 2.45) is 0 Å². The second-order valence-electron chi connectivity index (χ2n) is 4.16. The van der Waals surface area contributed by atoms with Crippen LogP contribution < -0.4 is 5.32 Å². The van der Waals surface area contributed by atoms with E-state index < -0.39 is 11.7 Å². The molecule has 1 aromatic rings. The molecule has 5 nitrogen and oxygen atoms in total. The summed E-state index contributed by atoms with van der Waals surface area (Å²) in [5.74, 6) is 0. The summed E-state index contributed by atoms with van der Waals surface area (Å²) in [4.78, 5) is 15.2. The fraction of sp³-hybridized carbons (Fsp3) is 0.364. The van der Waals surface area contributed by atoms with Gasteiger partial charge in [0.2, 0.25) is 0 Å². The summed E-state index contributed by atoms with van der Waals surface area (Å²) in [5.41, 5.74) is 0.129. The molecule has 1 N–H and O–H groups in total. The first-order valence-electron chi connectivity index (χ1n) is 4.76. The summed E-state index contributed by atoms with van der Waals surface area (Å²) in [6.45, 7) is 5.30. The molecular formula is C11H13N3O2. The number of carbonyl (C=O) groups excluding carboxylic acids is 1. The van der Waals surface area contributed by atoms with Crippen molar-refractivity contribution in [3.05, 3.63) is 24.0 Å². The van der Waals surface area contributed by atoms with E-state index in [2.05, 4.69) is 10.3 Å². The number of aromatic nitrogens is 1. The number of nitrogens with one attached hydrogen (secondary N) is 1. The summed E-state index contributed by atoms with van der Waals surface area (Å²) in [7, 11) is 0. The third kappa shape index (κ3) is 3.58. The molecule has 16 heavy (non-hydrogen) atoms. The van der Waals surface area contributed by atoms with Crippen molar-refractivity contribution in [3.8, 4) is 6.07 Å². The molecule has 0 atom stereocenters. The summed E-state index contributed by atoms with van der Waals surface area (Å²) >= 11 is 0. The third-order valence-electron chi connectivity index (χ3n) is 1.58. The zero-order valence-electron chi connectivity index (χ0n) is 9.44. The number of rotatable bonds is 1. The Morgan fingerprint density at radius 1 is 1.56 bits per heavy atom. The van der Waals surface area contributed by atoms with E-state index in [4.69, 9.17) is 10.00 Å². The minimum atomic E-state index is -0.588. The highest BCUT2D eigenvalue weighted by Crippen LogP contribution is 2.14. The molecule has 0 saturated heterocycles. The van der Waals surface area contributed by atoms with Gasteiger partial charge in [-0.1, -0.05) is 0 Å². The van der Waals surface area contributed by atoms with Crippen molar-refractivity contribution >= 4 is 11.8 Å². The van der Waals surface area contributed by atoms with Gasteiger partial charge in [0.1, 0.15) is 11.7 Å². The van der Waals surface area contributed by atoms with Crippen LogP contribution in [0.4, 0.5) is 10.5 Å². The summed E-state index contributed by atoms with van der Waals surface area (Å²) in [6.07, 6.45) is 2.29. The number of anilines is 1. The highest BCUT2D eigenvalue weighted by molar-refractivity contribution is 5.86. The van der Waals surface area contributed by atoms with Gasteiger partial charge in [-0.3, -0.25) is 10.3 Å². The lowest BCUT2D eigenvalue weighted by atomic mass is 10.2. The Balaban J connectivity index is 2.75. The molecule has 0 aromatic carbocycles. The molecule has 0 bridgehead atoms. The topological polar surface area (TPSA) is 75.0 Å². The largest absolute Gasteiger partial charge is 0.444 e. The van der Waals surface area contributed by atoms with Crippen molar-refractivity contribution in [1.82, 2.24) is 4.98 Å². The van der Waals surface area contributed by atoms with Gasteiger partial charge in [-0.2, -0.15) is 5.26 Å². The average molecular weight is 219 g/mol. The fourth-order valence-corrected chi connectivity index (χ4v) is 1.01. The van der Waals surface area contributed by atoms with E-state index in [1.165, 1.54) is 12.4 Å². The average Bonchev–Trinajstić information content (AvgIpc) is 2.15. The zero-order chi connectivity index (χ0) is 12.2. The number of hydrogen-bond acceptors (Lipinski definition) is 4. The van der Waals surface area contributed by atoms with Gasteiger partial charge >= 0.3 is 6.09 Å². The van der Waals surface area contributed by atoms with Crippen molar-refractivity contribution < 1.29 is 9.53 Å². The van der Waals surface area contributed by atoms with E-state index in [-0.39, 0.29) is 0 Å². The molecule has 1 rings (SSSR count). The van der Waals surface area contributed by atoms with E-state index in [1.807, 2.05) is 6.07 Å². The maximum Gasteiger partial charge on any atom is 0.412 e. The van der Waals surface area contributed by atoms with Crippen LogP contribution in [0.5, 0.6) is 0 Å². The van der Waals surface area contributed by atoms with Crippen molar-refractivity contribution in [3.63, 3.8) is 0 Å². The number of nitrogens with zero attached hydrogens (tertiary/aromatic N) is 2. The predicted molar refractivity (Wildman–Crippen MR) is 58.8 cm³/mol. The summed E-state index contributed by atoms with van der Waals surface area (Å²) in [6, 6.07) is 3.48. The second-order valence-corrected chi connectivity index (χ2v) is 4.16. The minimum Gasteiger partial charge on any atom is -0.444 e. The Morgan fingerprint density at radius 3 is 2.81 bits per heavy atom. The van der Waals surface area contributed by atoms with E-state index in [0.29, 0.717) is 11.3 Å². The van der Waals surface area contributed by atoms with Crippen LogP contribution in [-0.2, 0) is 4.74 Å². The Morgan fingerprint density at radius 2 is 2.25 bits per heavy atom. The van der Waals surface area contributed by atoms with Gasteiger partial charge < -0.3 is 4.74 Å². The van der Waals surface area contributed by atoms with Crippen LogP contribution in [0.15, 0.2) is 18.5 Å². The maximum absolute atomic E-state index is 11.4. The molecule has 0 aliphatic carbocycles. The van der Waals surface area contributed by atoms with Crippen LogP contribution in [-0.4, -0.2) is 16.7 Å². The van der Waals surface area contributed by atoms with Crippen LogP contribution >= 0.6 is 0 Å². The Bertz CT molecular complexity index is 430. The first-order valence-corrected chi connectivity index (χ1v) is 4.76. The summed E-state index contributed by atoms with van der Waals surface area (Å²) in [5, 5.41) is 11.3. The number of ether oxygens (including phenoxy) is 1. The summed E-state index contributed by atoms with van der Waals surface area (Å²) < 4.78 is 5.06. The fourth-order valence-electron chi connectivity index (χ4n) is 1.01. The molecule has 0 radical (unpaired) electrons.